The molecule has 25 heavy (non-hydrogen) atoms. The highest BCUT2D eigenvalue weighted by atomic mass is 32.2. The van der Waals surface area contributed by atoms with Crippen LogP contribution in [0.3, 0.4) is 0 Å². The molecule has 2 N–H and O–H groups in total. The van der Waals surface area contributed by atoms with E-state index in [-0.39, 0.29) is 22.8 Å². The van der Waals surface area contributed by atoms with Crippen LogP contribution in [0, 0.1) is 6.92 Å². The van der Waals surface area contributed by atoms with Crippen LogP contribution in [-0.4, -0.2) is 46.1 Å². The van der Waals surface area contributed by atoms with E-state index >= 15 is 0 Å². The van der Waals surface area contributed by atoms with E-state index < -0.39 is 32.8 Å². The largest absolute Gasteiger partial charge is 0.508 e. The number of carbonyl (C=O) groups is 1. The number of aromatic nitrogens is 3. The Bertz CT molecular complexity index is 922. The van der Waals surface area contributed by atoms with Gasteiger partial charge in [0, 0.05) is 18.2 Å². The third-order valence-corrected chi connectivity index (χ3v) is 4.59. The zero-order valence-electron chi connectivity index (χ0n) is 13.0. The van der Waals surface area contributed by atoms with Crippen molar-refractivity contribution in [1.29, 1.82) is 0 Å². The lowest BCUT2D eigenvalue weighted by atomic mass is 10.1. The zero-order chi connectivity index (χ0) is 19.0. The Morgan fingerprint density at radius 3 is 2.60 bits per heavy atom. The van der Waals surface area contributed by atoms with E-state index in [1.165, 1.54) is 32.2 Å². The van der Waals surface area contributed by atoms with Crippen LogP contribution < -0.4 is 5.32 Å². The minimum absolute atomic E-state index is 0.0858. The molecule has 0 bridgehead atoms. The Balaban J connectivity index is 2.29. The number of aryl methyl sites for hydroxylation is 1. The monoisotopic (exact) mass is 378 g/mol. The number of nitrogens with one attached hydrogen (secondary N) is 1. The van der Waals surface area contributed by atoms with Gasteiger partial charge in [0.25, 0.3) is 11.1 Å². The lowest BCUT2D eigenvalue weighted by Crippen LogP contribution is -2.23. The Labute approximate surface area is 140 Å². The second kappa shape index (κ2) is 6.35. The standard InChI is InChI=1S/C13H13F3N4O4S/c1-7-8(4-3-5-9(7)21)10(22)17-11-18-12(19-20(11)2)25(23,24)6-13(14,15)16/h3-5,21H,6H2,1-2H3,(H,17,18,19,22). The number of aromatic hydroxyl groups is 1. The van der Waals surface area contributed by atoms with Crippen molar-refractivity contribution in [2.45, 2.75) is 18.3 Å². The molecule has 0 aliphatic heterocycles. The van der Waals surface area contributed by atoms with E-state index in [1.54, 1.807) is 0 Å². The summed E-state index contributed by atoms with van der Waals surface area (Å²) in [5, 5.41) is 14.2. The van der Waals surface area contributed by atoms with E-state index in [0.717, 1.165) is 4.68 Å². The fourth-order valence-electron chi connectivity index (χ4n) is 1.92. The number of hydrogen-bond acceptors (Lipinski definition) is 6. The molecular formula is C13H13F3N4O4S. The first kappa shape index (κ1) is 18.7. The summed E-state index contributed by atoms with van der Waals surface area (Å²) in [5.74, 6) is -3.32. The topological polar surface area (TPSA) is 114 Å². The van der Waals surface area contributed by atoms with Gasteiger partial charge in [-0.15, -0.1) is 5.10 Å². The third-order valence-electron chi connectivity index (χ3n) is 3.15. The van der Waals surface area contributed by atoms with E-state index in [1.807, 2.05) is 0 Å². The summed E-state index contributed by atoms with van der Waals surface area (Å²) in [7, 11) is -3.58. The molecular weight excluding hydrogens is 365 g/mol. The van der Waals surface area contributed by atoms with Crippen LogP contribution in [-0.2, 0) is 16.9 Å². The van der Waals surface area contributed by atoms with E-state index in [0.29, 0.717) is 0 Å². The van der Waals surface area contributed by atoms with Crippen molar-refractivity contribution in [3.8, 4) is 5.75 Å². The van der Waals surface area contributed by atoms with Crippen molar-refractivity contribution >= 4 is 21.7 Å². The molecule has 0 unspecified atom stereocenters. The number of halogens is 3. The van der Waals surface area contributed by atoms with Gasteiger partial charge in [0.05, 0.1) is 0 Å². The van der Waals surface area contributed by atoms with Crippen molar-refractivity contribution in [1.82, 2.24) is 14.8 Å². The SMILES string of the molecule is Cc1c(O)cccc1C(=O)Nc1nc(S(=O)(=O)CC(F)(F)F)nn1C. The van der Waals surface area contributed by atoms with Gasteiger partial charge in [-0.1, -0.05) is 6.07 Å². The molecule has 0 radical (unpaired) electrons. The predicted molar refractivity (Wildman–Crippen MR) is 79.9 cm³/mol. The fourth-order valence-corrected chi connectivity index (χ4v) is 2.95. The molecule has 0 spiro atoms. The number of phenols is 1. The molecule has 0 atom stereocenters. The third kappa shape index (κ3) is 4.26. The maximum atomic E-state index is 12.3. The smallest absolute Gasteiger partial charge is 0.403 e. The molecule has 2 aromatic rings. The molecule has 1 aromatic carbocycles. The molecule has 0 aliphatic rings. The highest BCUT2D eigenvalue weighted by molar-refractivity contribution is 7.91. The van der Waals surface area contributed by atoms with Crippen molar-refractivity contribution in [2.75, 3.05) is 11.1 Å². The molecule has 8 nitrogen and oxygen atoms in total. The Morgan fingerprint density at radius 2 is 2.00 bits per heavy atom. The average Bonchev–Trinajstić information content (AvgIpc) is 2.81. The van der Waals surface area contributed by atoms with Crippen LogP contribution in [0.15, 0.2) is 23.4 Å². The minimum Gasteiger partial charge on any atom is -0.508 e. The molecule has 1 aromatic heterocycles. The number of hydrogen-bond donors (Lipinski definition) is 2. The molecule has 1 amide bonds. The van der Waals surface area contributed by atoms with Crippen molar-refractivity contribution in [3.05, 3.63) is 29.3 Å². The van der Waals surface area contributed by atoms with Gasteiger partial charge in [-0.3, -0.25) is 10.1 Å². The number of anilines is 1. The summed E-state index contributed by atoms with van der Waals surface area (Å²) in [6.45, 7) is 1.49. The number of rotatable bonds is 4. The quantitative estimate of drug-likeness (QED) is 0.832. The van der Waals surface area contributed by atoms with Gasteiger partial charge in [0.1, 0.15) is 5.75 Å². The van der Waals surface area contributed by atoms with E-state index in [4.69, 9.17) is 0 Å². The average molecular weight is 378 g/mol. The van der Waals surface area contributed by atoms with Gasteiger partial charge in [-0.05, 0) is 19.1 Å². The summed E-state index contributed by atoms with van der Waals surface area (Å²) in [6.07, 6.45) is -4.94. The molecule has 2 rings (SSSR count). The number of nitrogens with zero attached hydrogens (tertiary/aromatic N) is 3. The van der Waals surface area contributed by atoms with Gasteiger partial charge in [-0.2, -0.15) is 18.2 Å². The van der Waals surface area contributed by atoms with Gasteiger partial charge in [-0.25, -0.2) is 13.1 Å². The fraction of sp³-hybridized carbons (Fsp3) is 0.308. The van der Waals surface area contributed by atoms with Gasteiger partial charge >= 0.3 is 6.18 Å². The first-order valence-electron chi connectivity index (χ1n) is 6.71. The zero-order valence-corrected chi connectivity index (χ0v) is 13.8. The second-order valence-electron chi connectivity index (χ2n) is 5.12. The maximum absolute atomic E-state index is 12.3. The second-order valence-corrected chi connectivity index (χ2v) is 7.00. The van der Waals surface area contributed by atoms with Crippen LogP contribution in [0.5, 0.6) is 5.75 Å². The van der Waals surface area contributed by atoms with Crippen LogP contribution in [0.25, 0.3) is 0 Å². The normalized spacial score (nSPS) is 12.2. The number of amides is 1. The summed E-state index contributed by atoms with van der Waals surface area (Å²) >= 11 is 0. The van der Waals surface area contributed by atoms with Crippen LogP contribution in [0.4, 0.5) is 19.1 Å². The van der Waals surface area contributed by atoms with Crippen LogP contribution >= 0.6 is 0 Å². The van der Waals surface area contributed by atoms with Crippen molar-refractivity contribution < 1.29 is 31.5 Å². The lowest BCUT2D eigenvalue weighted by Gasteiger charge is -2.07. The number of alkyl halides is 3. The summed E-state index contributed by atoms with van der Waals surface area (Å²) in [6, 6.07) is 4.20. The predicted octanol–water partition coefficient (Wildman–Crippen LogP) is 1.42. The molecule has 0 saturated heterocycles. The highest BCUT2D eigenvalue weighted by Crippen LogP contribution is 2.23. The first-order chi connectivity index (χ1) is 11.4. The van der Waals surface area contributed by atoms with Crippen LogP contribution in [0.2, 0.25) is 0 Å². The first-order valence-corrected chi connectivity index (χ1v) is 8.36. The number of phenolic OH excluding ortho intramolecular Hbond substituents is 1. The lowest BCUT2D eigenvalue weighted by molar-refractivity contribution is -0.106. The Morgan fingerprint density at radius 1 is 1.36 bits per heavy atom. The highest BCUT2D eigenvalue weighted by Gasteiger charge is 2.38. The van der Waals surface area contributed by atoms with Gasteiger partial charge in [0.2, 0.25) is 15.8 Å². The van der Waals surface area contributed by atoms with Gasteiger partial charge in [0.15, 0.2) is 5.75 Å². The molecule has 136 valence electrons. The van der Waals surface area contributed by atoms with Gasteiger partial charge < -0.3 is 5.11 Å². The van der Waals surface area contributed by atoms with E-state index in [9.17, 15) is 31.5 Å². The molecule has 0 aliphatic carbocycles. The summed E-state index contributed by atoms with van der Waals surface area (Å²) in [5.41, 5.74) is 0.356. The van der Waals surface area contributed by atoms with Crippen molar-refractivity contribution in [2.24, 2.45) is 7.05 Å². The Hall–Kier alpha value is -2.63. The Kier molecular flexibility index (Phi) is 4.75. The van der Waals surface area contributed by atoms with E-state index in [2.05, 4.69) is 15.4 Å². The molecule has 1 heterocycles. The number of sulfone groups is 1. The molecule has 12 heteroatoms. The van der Waals surface area contributed by atoms with Crippen molar-refractivity contribution in [3.63, 3.8) is 0 Å². The number of carbonyl (C=O) groups excluding carboxylic acids is 1. The molecule has 0 fully saturated rings. The summed E-state index contributed by atoms with van der Waals surface area (Å²) < 4.78 is 61.1. The maximum Gasteiger partial charge on any atom is 0.403 e. The van der Waals surface area contributed by atoms with Crippen LogP contribution in [0.1, 0.15) is 15.9 Å². The number of benzene rings is 1. The summed E-state index contributed by atoms with van der Waals surface area (Å²) in [4.78, 5) is 15.6. The minimum atomic E-state index is -4.94. The molecule has 0 saturated carbocycles.